The van der Waals surface area contributed by atoms with Gasteiger partial charge in [0.05, 0.1) is 13.0 Å². The average molecular weight is 226 g/mol. The molecule has 1 N–H and O–H groups in total. The van der Waals surface area contributed by atoms with Crippen molar-refractivity contribution in [1.29, 1.82) is 0 Å². The van der Waals surface area contributed by atoms with Crippen LogP contribution in [0.3, 0.4) is 0 Å². The lowest BCUT2D eigenvalue weighted by molar-refractivity contribution is -0.132. The number of rotatable bonds is 4. The number of carbonyl (C=O) groups excluding carboxylic acids is 1. The van der Waals surface area contributed by atoms with Crippen molar-refractivity contribution in [3.05, 3.63) is 0 Å². The van der Waals surface area contributed by atoms with E-state index in [2.05, 4.69) is 5.32 Å². The largest absolute Gasteiger partial charge is 0.381 e. The Hall–Kier alpha value is -0.610. The topological polar surface area (TPSA) is 41.6 Å². The summed E-state index contributed by atoms with van der Waals surface area (Å²) in [5.74, 6) is 0.253. The van der Waals surface area contributed by atoms with Crippen molar-refractivity contribution in [3.63, 3.8) is 0 Å². The minimum Gasteiger partial charge on any atom is -0.381 e. The lowest BCUT2D eigenvalue weighted by atomic mass is 10.1. The Bertz CT molecular complexity index is 245. The number of nitrogens with zero attached hydrogens (tertiary/aromatic N) is 1. The van der Waals surface area contributed by atoms with E-state index in [1.165, 1.54) is 12.8 Å². The fraction of sp³-hybridized carbons (Fsp3) is 0.917. The molecule has 16 heavy (non-hydrogen) atoms. The quantitative estimate of drug-likeness (QED) is 0.720. The van der Waals surface area contributed by atoms with E-state index in [-0.39, 0.29) is 5.91 Å². The third-order valence-electron chi connectivity index (χ3n) is 3.54. The molecule has 2 atom stereocenters. The van der Waals surface area contributed by atoms with Crippen LogP contribution in [0, 0.1) is 0 Å². The van der Waals surface area contributed by atoms with Gasteiger partial charge in [-0.25, -0.2) is 0 Å². The van der Waals surface area contributed by atoms with Crippen molar-refractivity contribution < 1.29 is 9.53 Å². The van der Waals surface area contributed by atoms with Gasteiger partial charge in [-0.2, -0.15) is 0 Å². The number of hydrogen-bond donors (Lipinski definition) is 1. The predicted octanol–water partition coefficient (Wildman–Crippen LogP) is 0.766. The minimum atomic E-state index is 0.253. The summed E-state index contributed by atoms with van der Waals surface area (Å²) < 4.78 is 5.23. The Morgan fingerprint density at radius 1 is 1.38 bits per heavy atom. The van der Waals surface area contributed by atoms with E-state index in [4.69, 9.17) is 4.74 Å². The first-order valence-corrected chi connectivity index (χ1v) is 6.41. The summed E-state index contributed by atoms with van der Waals surface area (Å²) in [5.41, 5.74) is 0. The van der Waals surface area contributed by atoms with Crippen LogP contribution in [0.15, 0.2) is 0 Å². The van der Waals surface area contributed by atoms with E-state index in [0.29, 0.717) is 31.7 Å². The SMILES string of the molecule is CCOCCC(=O)N1CCC2CCC(C1)N2. The van der Waals surface area contributed by atoms with Gasteiger partial charge in [-0.3, -0.25) is 4.79 Å². The van der Waals surface area contributed by atoms with Crippen LogP contribution < -0.4 is 5.32 Å². The van der Waals surface area contributed by atoms with Crippen LogP contribution in [0.2, 0.25) is 0 Å². The number of hydrogen-bond acceptors (Lipinski definition) is 3. The Morgan fingerprint density at radius 3 is 3.00 bits per heavy atom. The van der Waals surface area contributed by atoms with Gasteiger partial charge in [-0.05, 0) is 26.2 Å². The van der Waals surface area contributed by atoms with Gasteiger partial charge in [0.2, 0.25) is 5.91 Å². The number of amides is 1. The first-order valence-electron chi connectivity index (χ1n) is 6.41. The Morgan fingerprint density at radius 2 is 2.19 bits per heavy atom. The molecule has 2 saturated heterocycles. The standard InChI is InChI=1S/C12H22N2O2/c1-2-16-8-6-12(15)14-7-5-10-3-4-11(9-14)13-10/h10-11,13H,2-9H2,1H3. The Balaban J connectivity index is 1.78. The third-order valence-corrected chi connectivity index (χ3v) is 3.54. The third kappa shape index (κ3) is 2.95. The van der Waals surface area contributed by atoms with Crippen molar-refractivity contribution in [2.24, 2.45) is 0 Å². The molecule has 0 radical (unpaired) electrons. The molecule has 4 heteroatoms. The highest BCUT2D eigenvalue weighted by atomic mass is 16.5. The maximum Gasteiger partial charge on any atom is 0.224 e. The summed E-state index contributed by atoms with van der Waals surface area (Å²) in [5, 5.41) is 3.58. The van der Waals surface area contributed by atoms with Gasteiger partial charge in [-0.15, -0.1) is 0 Å². The first kappa shape index (κ1) is 11.9. The summed E-state index contributed by atoms with van der Waals surface area (Å²) in [7, 11) is 0. The molecular formula is C12H22N2O2. The molecule has 0 aromatic heterocycles. The van der Waals surface area contributed by atoms with Crippen molar-refractivity contribution in [2.75, 3.05) is 26.3 Å². The van der Waals surface area contributed by atoms with E-state index in [1.54, 1.807) is 0 Å². The molecule has 1 amide bonds. The van der Waals surface area contributed by atoms with E-state index in [0.717, 1.165) is 19.5 Å². The van der Waals surface area contributed by atoms with E-state index in [1.807, 2.05) is 11.8 Å². The van der Waals surface area contributed by atoms with Crippen molar-refractivity contribution in [3.8, 4) is 0 Å². The molecule has 2 aliphatic heterocycles. The van der Waals surface area contributed by atoms with Crippen molar-refractivity contribution in [1.82, 2.24) is 10.2 Å². The zero-order valence-electron chi connectivity index (χ0n) is 10.1. The fourth-order valence-corrected chi connectivity index (χ4v) is 2.63. The van der Waals surface area contributed by atoms with Gasteiger partial charge in [0.25, 0.3) is 0 Å². The van der Waals surface area contributed by atoms with Crippen LogP contribution in [-0.4, -0.2) is 49.2 Å². The van der Waals surface area contributed by atoms with Crippen LogP contribution in [0.25, 0.3) is 0 Å². The Labute approximate surface area is 97.3 Å². The van der Waals surface area contributed by atoms with E-state index >= 15 is 0 Å². The first-order chi connectivity index (χ1) is 7.79. The summed E-state index contributed by atoms with van der Waals surface area (Å²) in [6.07, 6.45) is 4.15. The highest BCUT2D eigenvalue weighted by Crippen LogP contribution is 2.20. The maximum absolute atomic E-state index is 11.9. The fourth-order valence-electron chi connectivity index (χ4n) is 2.63. The monoisotopic (exact) mass is 226 g/mol. The van der Waals surface area contributed by atoms with Gasteiger partial charge < -0.3 is 15.0 Å². The number of fused-ring (bicyclic) bond motifs is 2. The summed E-state index contributed by atoms with van der Waals surface area (Å²) in [6, 6.07) is 1.18. The molecule has 2 unspecified atom stereocenters. The van der Waals surface area contributed by atoms with Crippen LogP contribution in [0.5, 0.6) is 0 Å². The second kappa shape index (κ2) is 5.64. The molecule has 2 heterocycles. The highest BCUT2D eigenvalue weighted by molar-refractivity contribution is 5.76. The van der Waals surface area contributed by atoms with Gasteiger partial charge in [0.1, 0.15) is 0 Å². The zero-order valence-corrected chi connectivity index (χ0v) is 10.1. The lowest BCUT2D eigenvalue weighted by Crippen LogP contribution is -2.39. The van der Waals surface area contributed by atoms with E-state index < -0.39 is 0 Å². The molecular weight excluding hydrogens is 204 g/mol. The smallest absolute Gasteiger partial charge is 0.224 e. The van der Waals surface area contributed by atoms with Crippen LogP contribution in [-0.2, 0) is 9.53 Å². The summed E-state index contributed by atoms with van der Waals surface area (Å²) >= 11 is 0. The molecule has 2 aliphatic rings. The molecule has 0 aromatic carbocycles. The van der Waals surface area contributed by atoms with Gasteiger partial charge in [0.15, 0.2) is 0 Å². The molecule has 0 aromatic rings. The summed E-state index contributed by atoms with van der Waals surface area (Å²) in [6.45, 7) is 5.02. The van der Waals surface area contributed by atoms with Gasteiger partial charge >= 0.3 is 0 Å². The second-order valence-electron chi connectivity index (χ2n) is 4.71. The molecule has 0 aliphatic carbocycles. The average Bonchev–Trinajstić information content (AvgIpc) is 2.58. The van der Waals surface area contributed by atoms with Crippen molar-refractivity contribution in [2.45, 2.75) is 44.7 Å². The molecule has 4 nitrogen and oxygen atoms in total. The van der Waals surface area contributed by atoms with Gasteiger partial charge in [0, 0.05) is 31.8 Å². The second-order valence-corrected chi connectivity index (χ2v) is 4.71. The lowest BCUT2D eigenvalue weighted by Gasteiger charge is -2.24. The molecule has 0 spiro atoms. The number of likely N-dealkylation sites (tertiary alicyclic amines) is 1. The van der Waals surface area contributed by atoms with Gasteiger partial charge in [-0.1, -0.05) is 0 Å². The zero-order chi connectivity index (χ0) is 11.4. The van der Waals surface area contributed by atoms with Crippen LogP contribution in [0.1, 0.15) is 32.6 Å². The Kier molecular flexibility index (Phi) is 4.18. The summed E-state index contributed by atoms with van der Waals surface area (Å²) in [4.78, 5) is 13.9. The minimum absolute atomic E-state index is 0.253. The molecule has 0 saturated carbocycles. The number of nitrogens with one attached hydrogen (secondary N) is 1. The molecule has 2 bridgehead atoms. The molecule has 2 rings (SSSR count). The number of carbonyl (C=O) groups is 1. The van der Waals surface area contributed by atoms with Crippen LogP contribution >= 0.6 is 0 Å². The van der Waals surface area contributed by atoms with E-state index in [9.17, 15) is 4.79 Å². The highest BCUT2D eigenvalue weighted by Gasteiger charge is 2.30. The predicted molar refractivity (Wildman–Crippen MR) is 62.3 cm³/mol. The van der Waals surface area contributed by atoms with Crippen LogP contribution in [0.4, 0.5) is 0 Å². The van der Waals surface area contributed by atoms with Crippen molar-refractivity contribution >= 4 is 5.91 Å². The number of ether oxygens (including phenoxy) is 1. The normalized spacial score (nSPS) is 29.2. The molecule has 92 valence electrons. The maximum atomic E-state index is 11.9. The molecule has 2 fully saturated rings.